The van der Waals surface area contributed by atoms with E-state index in [9.17, 15) is 4.79 Å². The zero-order valence-electron chi connectivity index (χ0n) is 16.5. The van der Waals surface area contributed by atoms with E-state index in [1.165, 1.54) is 0 Å². The van der Waals surface area contributed by atoms with Crippen molar-refractivity contribution in [1.29, 1.82) is 0 Å². The normalized spacial score (nSPS) is 22.5. The van der Waals surface area contributed by atoms with E-state index >= 15 is 0 Å². The number of hydrogen-bond acceptors (Lipinski definition) is 3. The van der Waals surface area contributed by atoms with E-state index < -0.39 is 0 Å². The summed E-state index contributed by atoms with van der Waals surface area (Å²) in [5, 5.41) is 0. The Bertz CT molecular complexity index is 954. The molecule has 0 radical (unpaired) electrons. The number of likely N-dealkylation sites (N-methyl/N-ethyl adjacent to an activating group) is 1. The molecule has 146 valence electrons. The molecule has 29 heavy (non-hydrogen) atoms. The summed E-state index contributed by atoms with van der Waals surface area (Å²) in [4.78, 5) is 15.1. The Morgan fingerprint density at radius 3 is 2.00 bits per heavy atom. The highest BCUT2D eigenvalue weighted by molar-refractivity contribution is 5.77. The van der Waals surface area contributed by atoms with Crippen LogP contribution in [0.5, 0.6) is 0 Å². The number of morpholine rings is 1. The number of cyclic esters (lactones) is 1. The Morgan fingerprint density at radius 2 is 1.38 bits per heavy atom. The summed E-state index contributed by atoms with van der Waals surface area (Å²) in [5.41, 5.74) is 3.29. The second-order valence-corrected chi connectivity index (χ2v) is 7.35. The monoisotopic (exact) mass is 383 g/mol. The van der Waals surface area contributed by atoms with Gasteiger partial charge in [-0.25, -0.2) is 0 Å². The predicted octanol–water partition coefficient (Wildman–Crippen LogP) is 5.43. The molecule has 0 bridgehead atoms. The molecule has 0 spiro atoms. The third-order valence-corrected chi connectivity index (χ3v) is 5.47. The van der Waals surface area contributed by atoms with Crippen LogP contribution in [0.25, 0.3) is 6.08 Å². The summed E-state index contributed by atoms with van der Waals surface area (Å²) in [5.74, 6) is -0.175. The zero-order valence-corrected chi connectivity index (χ0v) is 16.5. The van der Waals surface area contributed by atoms with Crippen molar-refractivity contribution >= 4 is 12.0 Å². The first-order valence-electron chi connectivity index (χ1n) is 9.98. The fourth-order valence-corrected chi connectivity index (χ4v) is 3.95. The van der Waals surface area contributed by atoms with Crippen LogP contribution in [-0.2, 0) is 9.53 Å². The summed E-state index contributed by atoms with van der Waals surface area (Å²) in [6, 6.07) is 30.1. The zero-order chi connectivity index (χ0) is 20.1. The molecule has 1 saturated heterocycles. The molecular formula is C26H25NO2. The van der Waals surface area contributed by atoms with Crippen molar-refractivity contribution in [2.45, 2.75) is 24.6 Å². The molecule has 0 amide bonds. The van der Waals surface area contributed by atoms with E-state index in [4.69, 9.17) is 4.74 Å². The van der Waals surface area contributed by atoms with Gasteiger partial charge in [0.05, 0.1) is 6.04 Å². The van der Waals surface area contributed by atoms with Gasteiger partial charge in [0.15, 0.2) is 0 Å². The van der Waals surface area contributed by atoms with Crippen LogP contribution < -0.4 is 0 Å². The number of rotatable bonds is 5. The Hall–Kier alpha value is -3.17. The maximum absolute atomic E-state index is 12.9. The topological polar surface area (TPSA) is 29.5 Å². The number of benzene rings is 3. The summed E-state index contributed by atoms with van der Waals surface area (Å²) in [7, 11) is 2.02. The number of nitrogens with zero attached hydrogens (tertiary/aromatic N) is 1. The summed E-state index contributed by atoms with van der Waals surface area (Å²) < 4.78 is 6.01. The number of carbonyl (C=O) groups is 1. The van der Waals surface area contributed by atoms with Crippen LogP contribution in [-0.4, -0.2) is 24.0 Å². The van der Waals surface area contributed by atoms with Gasteiger partial charge < -0.3 is 4.74 Å². The molecule has 3 aromatic rings. The van der Waals surface area contributed by atoms with E-state index in [0.717, 1.165) is 16.7 Å². The molecule has 3 atom stereocenters. The van der Waals surface area contributed by atoms with Crippen LogP contribution in [0.1, 0.15) is 35.3 Å². The van der Waals surface area contributed by atoms with Crippen molar-refractivity contribution in [1.82, 2.24) is 4.90 Å². The van der Waals surface area contributed by atoms with Crippen LogP contribution in [0.2, 0.25) is 0 Å². The van der Waals surface area contributed by atoms with Crippen molar-refractivity contribution in [2.75, 3.05) is 7.05 Å². The molecule has 1 fully saturated rings. The molecule has 0 aliphatic carbocycles. The minimum absolute atomic E-state index is 0.0357. The predicted molar refractivity (Wildman–Crippen MR) is 116 cm³/mol. The van der Waals surface area contributed by atoms with Crippen LogP contribution >= 0.6 is 0 Å². The van der Waals surface area contributed by atoms with Crippen molar-refractivity contribution in [3.8, 4) is 0 Å². The first-order valence-corrected chi connectivity index (χ1v) is 9.98. The van der Waals surface area contributed by atoms with Gasteiger partial charge in [0.25, 0.3) is 0 Å². The third kappa shape index (κ3) is 4.30. The second kappa shape index (κ2) is 8.89. The molecule has 0 aromatic heterocycles. The van der Waals surface area contributed by atoms with Gasteiger partial charge in [0, 0.05) is 0 Å². The lowest BCUT2D eigenvalue weighted by Crippen LogP contribution is -2.49. The van der Waals surface area contributed by atoms with E-state index in [1.54, 1.807) is 0 Å². The maximum atomic E-state index is 12.9. The Kier molecular flexibility index (Phi) is 5.87. The number of carbonyl (C=O) groups excluding carboxylic acids is 1. The van der Waals surface area contributed by atoms with Crippen molar-refractivity contribution in [2.24, 2.45) is 0 Å². The number of hydrogen-bond donors (Lipinski definition) is 0. The SMILES string of the molecule is CN1C(C/C=C/c2ccccc2)C(=O)O[C@@H](c2ccccc2)[C@H]1c1ccccc1. The molecule has 1 heterocycles. The fraction of sp³-hybridized carbons (Fsp3) is 0.192. The average Bonchev–Trinajstić information content (AvgIpc) is 2.77. The van der Waals surface area contributed by atoms with Gasteiger partial charge in [-0.2, -0.15) is 0 Å². The minimum atomic E-state index is -0.328. The minimum Gasteiger partial charge on any atom is -0.454 e. The summed E-state index contributed by atoms with van der Waals surface area (Å²) in [6.45, 7) is 0. The lowest BCUT2D eigenvalue weighted by molar-refractivity contribution is -0.173. The summed E-state index contributed by atoms with van der Waals surface area (Å²) >= 11 is 0. The standard InChI is InChI=1S/C26H25NO2/c1-27-23(19-11-14-20-12-5-2-6-13-20)26(28)29-25(22-17-9-4-10-18-22)24(27)21-15-7-3-8-16-21/h2-18,23-25H,19H2,1H3/b14-11+/t23?,24-,25+/m1/s1. The fourth-order valence-electron chi connectivity index (χ4n) is 3.95. The van der Waals surface area contributed by atoms with Crippen molar-refractivity contribution in [3.05, 3.63) is 114 Å². The highest BCUT2D eigenvalue weighted by Gasteiger charge is 2.42. The maximum Gasteiger partial charge on any atom is 0.324 e. The molecule has 4 rings (SSSR count). The van der Waals surface area contributed by atoms with Gasteiger partial charge >= 0.3 is 5.97 Å². The number of ether oxygens (including phenoxy) is 1. The Morgan fingerprint density at radius 1 is 0.828 bits per heavy atom. The van der Waals surface area contributed by atoms with Gasteiger partial charge in [-0.3, -0.25) is 9.69 Å². The van der Waals surface area contributed by atoms with Gasteiger partial charge in [0.1, 0.15) is 12.1 Å². The largest absolute Gasteiger partial charge is 0.454 e. The lowest BCUT2D eigenvalue weighted by Gasteiger charge is -2.43. The van der Waals surface area contributed by atoms with E-state index in [0.29, 0.717) is 6.42 Å². The molecule has 1 aliphatic heterocycles. The first kappa shape index (κ1) is 19.2. The van der Waals surface area contributed by atoms with Crippen LogP contribution in [0.4, 0.5) is 0 Å². The molecule has 3 aromatic carbocycles. The van der Waals surface area contributed by atoms with Gasteiger partial charge in [-0.15, -0.1) is 0 Å². The Balaban J connectivity index is 1.61. The molecule has 1 aliphatic rings. The molecule has 0 saturated carbocycles. The second-order valence-electron chi connectivity index (χ2n) is 7.35. The van der Waals surface area contributed by atoms with Gasteiger partial charge in [-0.1, -0.05) is 103 Å². The average molecular weight is 383 g/mol. The molecule has 3 nitrogen and oxygen atoms in total. The van der Waals surface area contributed by atoms with E-state index in [1.807, 2.05) is 73.8 Å². The smallest absolute Gasteiger partial charge is 0.324 e. The molecule has 0 N–H and O–H groups in total. The van der Waals surface area contributed by atoms with Crippen molar-refractivity contribution in [3.63, 3.8) is 0 Å². The third-order valence-electron chi connectivity index (χ3n) is 5.47. The van der Waals surface area contributed by atoms with E-state index in [-0.39, 0.29) is 24.2 Å². The highest BCUT2D eigenvalue weighted by atomic mass is 16.6. The Labute approximate surface area is 172 Å². The van der Waals surface area contributed by atoms with Gasteiger partial charge in [0.2, 0.25) is 0 Å². The lowest BCUT2D eigenvalue weighted by atomic mass is 9.91. The van der Waals surface area contributed by atoms with E-state index in [2.05, 4.69) is 41.3 Å². The van der Waals surface area contributed by atoms with Crippen LogP contribution in [0.3, 0.4) is 0 Å². The van der Waals surface area contributed by atoms with Crippen LogP contribution in [0, 0.1) is 0 Å². The van der Waals surface area contributed by atoms with Crippen molar-refractivity contribution < 1.29 is 9.53 Å². The number of esters is 1. The quantitative estimate of drug-likeness (QED) is 0.550. The van der Waals surface area contributed by atoms with Gasteiger partial charge in [-0.05, 0) is 30.2 Å². The highest BCUT2D eigenvalue weighted by Crippen LogP contribution is 2.41. The van der Waals surface area contributed by atoms with Crippen LogP contribution in [0.15, 0.2) is 97.1 Å². The molecule has 1 unspecified atom stereocenters. The summed E-state index contributed by atoms with van der Waals surface area (Å²) in [6.07, 6.45) is 4.39. The first-order chi connectivity index (χ1) is 14.2. The molecule has 3 heteroatoms. The molecular weight excluding hydrogens is 358 g/mol.